The monoisotopic (exact) mass is 368 g/mol. The highest BCUT2D eigenvalue weighted by Crippen LogP contribution is 2.31. The van der Waals surface area contributed by atoms with E-state index in [1.165, 1.54) is 16.6 Å². The van der Waals surface area contributed by atoms with Crippen LogP contribution in [0.2, 0.25) is 0 Å². The highest BCUT2D eigenvalue weighted by Gasteiger charge is 2.25. The van der Waals surface area contributed by atoms with E-state index in [4.69, 9.17) is 0 Å². The molecule has 0 amide bonds. The van der Waals surface area contributed by atoms with Crippen LogP contribution in [-0.4, -0.2) is 20.9 Å². The fourth-order valence-electron chi connectivity index (χ4n) is 2.50. The maximum absolute atomic E-state index is 11.1. The van der Waals surface area contributed by atoms with Gasteiger partial charge in [-0.1, -0.05) is 0 Å². The predicted molar refractivity (Wildman–Crippen MR) is 84.9 cm³/mol. The van der Waals surface area contributed by atoms with Gasteiger partial charge in [-0.05, 0) is 35.7 Å². The molecule has 1 aliphatic rings. The molecule has 6 nitrogen and oxygen atoms in total. The molecule has 2 heterocycles. The minimum Gasteiger partial charge on any atom is -0.361 e. The average Bonchev–Trinajstić information content (AvgIpc) is 2.80. The summed E-state index contributed by atoms with van der Waals surface area (Å²) in [6, 6.07) is 1.63. The average molecular weight is 369 g/mol. The molecule has 1 N–H and O–H groups in total. The molecule has 1 atom stereocenters. The van der Waals surface area contributed by atoms with Crippen LogP contribution in [-0.2, 0) is 12.8 Å². The zero-order valence-electron chi connectivity index (χ0n) is 11.3. The van der Waals surface area contributed by atoms with Gasteiger partial charge in [0, 0.05) is 34.1 Å². The van der Waals surface area contributed by atoms with Crippen molar-refractivity contribution in [1.29, 1.82) is 0 Å². The Labute approximate surface area is 133 Å². The molecule has 0 aliphatic heterocycles. The standard InChI is InChI=1S/C13H13BrN4O2S/c1-7-16-10-3-2-9(5-12(10)21-7)17-13-11(18(19)20)4-8(14)6-15-13/h4,6,9H,2-3,5H2,1H3,(H,15,17). The highest BCUT2D eigenvalue weighted by atomic mass is 79.9. The number of hydrogen-bond acceptors (Lipinski definition) is 6. The van der Waals surface area contributed by atoms with E-state index in [2.05, 4.69) is 31.2 Å². The van der Waals surface area contributed by atoms with Gasteiger partial charge in [-0.25, -0.2) is 9.97 Å². The molecule has 8 heteroatoms. The Bertz CT molecular complexity index is 703. The van der Waals surface area contributed by atoms with Gasteiger partial charge in [0.1, 0.15) is 0 Å². The summed E-state index contributed by atoms with van der Waals surface area (Å²) in [6.45, 7) is 2.01. The maximum Gasteiger partial charge on any atom is 0.312 e. The number of nitro groups is 1. The number of nitrogens with one attached hydrogen (secondary N) is 1. The molecule has 21 heavy (non-hydrogen) atoms. The molecule has 0 bridgehead atoms. The van der Waals surface area contributed by atoms with Crippen LogP contribution in [0.3, 0.4) is 0 Å². The van der Waals surface area contributed by atoms with E-state index in [1.54, 1.807) is 17.5 Å². The van der Waals surface area contributed by atoms with Gasteiger partial charge >= 0.3 is 5.69 Å². The van der Waals surface area contributed by atoms with E-state index in [0.717, 1.165) is 24.3 Å². The zero-order valence-corrected chi connectivity index (χ0v) is 13.7. The van der Waals surface area contributed by atoms with Gasteiger partial charge in [0.25, 0.3) is 0 Å². The Hall–Kier alpha value is -1.54. The van der Waals surface area contributed by atoms with Gasteiger partial charge in [0.05, 0.1) is 15.6 Å². The topological polar surface area (TPSA) is 81.0 Å². The summed E-state index contributed by atoms with van der Waals surface area (Å²) in [7, 11) is 0. The van der Waals surface area contributed by atoms with Crippen LogP contribution in [0.5, 0.6) is 0 Å². The number of nitrogens with zero attached hydrogens (tertiary/aromatic N) is 3. The summed E-state index contributed by atoms with van der Waals surface area (Å²) in [5.41, 5.74) is 1.17. The maximum atomic E-state index is 11.1. The zero-order chi connectivity index (χ0) is 15.0. The number of hydrogen-bond donors (Lipinski definition) is 1. The Morgan fingerprint density at radius 1 is 1.57 bits per heavy atom. The minimum absolute atomic E-state index is 0.00402. The van der Waals surface area contributed by atoms with Gasteiger partial charge in [0.15, 0.2) is 0 Å². The van der Waals surface area contributed by atoms with Crippen LogP contribution in [0.25, 0.3) is 0 Å². The van der Waals surface area contributed by atoms with Gasteiger partial charge in [-0.3, -0.25) is 10.1 Å². The number of fused-ring (bicyclic) bond motifs is 1. The van der Waals surface area contributed by atoms with Crippen LogP contribution >= 0.6 is 27.3 Å². The first-order valence-electron chi connectivity index (χ1n) is 6.54. The molecule has 1 unspecified atom stereocenters. The molecular formula is C13H13BrN4O2S. The highest BCUT2D eigenvalue weighted by molar-refractivity contribution is 9.10. The molecule has 0 saturated heterocycles. The van der Waals surface area contributed by atoms with Crippen molar-refractivity contribution in [3.8, 4) is 0 Å². The second-order valence-electron chi connectivity index (χ2n) is 4.97. The van der Waals surface area contributed by atoms with Crippen LogP contribution in [0.15, 0.2) is 16.7 Å². The lowest BCUT2D eigenvalue weighted by atomic mass is 9.97. The summed E-state index contributed by atoms with van der Waals surface area (Å²) < 4.78 is 0.601. The summed E-state index contributed by atoms with van der Waals surface area (Å²) in [6.07, 6.45) is 4.23. The lowest BCUT2D eigenvalue weighted by molar-refractivity contribution is -0.384. The van der Waals surface area contributed by atoms with Gasteiger partial charge in [-0.15, -0.1) is 11.3 Å². The van der Waals surface area contributed by atoms with Crippen molar-refractivity contribution >= 4 is 38.8 Å². The molecule has 1 aliphatic carbocycles. The number of pyridine rings is 1. The molecular weight excluding hydrogens is 356 g/mol. The molecule has 2 aromatic rings. The van der Waals surface area contributed by atoms with Crippen molar-refractivity contribution in [1.82, 2.24) is 9.97 Å². The smallest absolute Gasteiger partial charge is 0.312 e. The Morgan fingerprint density at radius 3 is 3.14 bits per heavy atom. The summed E-state index contributed by atoms with van der Waals surface area (Å²) in [5.74, 6) is 0.331. The largest absolute Gasteiger partial charge is 0.361 e. The Kier molecular flexibility index (Phi) is 3.90. The lowest BCUT2D eigenvalue weighted by Gasteiger charge is -2.22. The number of anilines is 1. The third-order valence-corrected chi connectivity index (χ3v) is 4.89. The summed E-state index contributed by atoms with van der Waals surface area (Å²) >= 11 is 4.92. The van der Waals surface area contributed by atoms with Crippen LogP contribution < -0.4 is 5.32 Å². The van der Waals surface area contributed by atoms with Gasteiger partial charge in [-0.2, -0.15) is 0 Å². The first kappa shape index (κ1) is 14.4. The van der Waals surface area contributed by atoms with Crippen molar-refractivity contribution < 1.29 is 4.92 Å². The van der Waals surface area contributed by atoms with Crippen LogP contribution in [0.4, 0.5) is 11.5 Å². The molecule has 0 spiro atoms. The summed E-state index contributed by atoms with van der Waals surface area (Å²) in [4.78, 5) is 20.6. The molecule has 0 saturated carbocycles. The molecule has 110 valence electrons. The van der Waals surface area contributed by atoms with Crippen molar-refractivity contribution in [2.75, 3.05) is 5.32 Å². The van der Waals surface area contributed by atoms with E-state index in [9.17, 15) is 10.1 Å². The third-order valence-electron chi connectivity index (χ3n) is 3.42. The minimum atomic E-state index is -0.412. The molecule has 0 aromatic carbocycles. The Balaban J connectivity index is 1.80. The molecule has 0 fully saturated rings. The van der Waals surface area contributed by atoms with Crippen molar-refractivity contribution in [3.05, 3.63) is 42.4 Å². The van der Waals surface area contributed by atoms with E-state index in [-0.39, 0.29) is 11.7 Å². The van der Waals surface area contributed by atoms with Crippen molar-refractivity contribution in [2.24, 2.45) is 0 Å². The predicted octanol–water partition coefficient (Wildman–Crippen LogP) is 3.49. The Morgan fingerprint density at radius 2 is 2.38 bits per heavy atom. The first-order valence-corrected chi connectivity index (χ1v) is 8.15. The second-order valence-corrected chi connectivity index (χ2v) is 7.17. The number of aromatic nitrogens is 2. The quantitative estimate of drug-likeness (QED) is 0.662. The lowest BCUT2D eigenvalue weighted by Crippen LogP contribution is -2.27. The summed E-state index contributed by atoms with van der Waals surface area (Å²) in [5, 5.41) is 15.4. The SMILES string of the molecule is Cc1nc2c(s1)CC(Nc1ncc(Br)cc1[N+](=O)[O-])CC2. The van der Waals surface area contributed by atoms with Crippen molar-refractivity contribution in [2.45, 2.75) is 32.2 Å². The number of aryl methyl sites for hydroxylation is 2. The fourth-order valence-corrected chi connectivity index (χ4v) is 3.88. The van der Waals surface area contributed by atoms with E-state index >= 15 is 0 Å². The van der Waals surface area contributed by atoms with Crippen LogP contribution in [0, 0.1) is 17.0 Å². The third kappa shape index (κ3) is 3.06. The van der Waals surface area contributed by atoms with E-state index < -0.39 is 4.92 Å². The molecule has 0 radical (unpaired) electrons. The van der Waals surface area contributed by atoms with Crippen LogP contribution in [0.1, 0.15) is 22.0 Å². The van der Waals surface area contributed by atoms with Gasteiger partial charge in [0.2, 0.25) is 5.82 Å². The second kappa shape index (κ2) is 5.69. The molecule has 3 rings (SSSR count). The molecule has 2 aromatic heterocycles. The van der Waals surface area contributed by atoms with Gasteiger partial charge < -0.3 is 5.32 Å². The van der Waals surface area contributed by atoms with E-state index in [0.29, 0.717) is 10.3 Å². The number of rotatable bonds is 3. The first-order chi connectivity index (χ1) is 10.0. The normalized spacial score (nSPS) is 17.3. The fraction of sp³-hybridized carbons (Fsp3) is 0.385. The van der Waals surface area contributed by atoms with Crippen molar-refractivity contribution in [3.63, 3.8) is 0 Å². The number of halogens is 1. The van der Waals surface area contributed by atoms with E-state index in [1.807, 2.05) is 6.92 Å². The number of thiazole rings is 1.